The third kappa shape index (κ3) is 1.35. The number of rotatable bonds is 1. The van der Waals surface area contributed by atoms with Gasteiger partial charge in [0.15, 0.2) is 0 Å². The fourth-order valence-electron chi connectivity index (χ4n) is 1.19. The van der Waals surface area contributed by atoms with E-state index in [0.29, 0.717) is 5.15 Å². The van der Waals surface area contributed by atoms with E-state index in [1.54, 1.807) is 19.2 Å². The molecule has 1 aliphatic rings. The number of pyridine rings is 1. The van der Waals surface area contributed by atoms with Crippen molar-refractivity contribution >= 4 is 11.6 Å². The van der Waals surface area contributed by atoms with E-state index in [4.69, 9.17) is 21.1 Å². The summed E-state index contributed by atoms with van der Waals surface area (Å²) in [4.78, 5) is 3.95. The molecule has 0 saturated heterocycles. The van der Waals surface area contributed by atoms with Crippen LogP contribution in [0.5, 0.6) is 0 Å². The molecule has 0 aromatic carbocycles. The number of hydrogen-bond acceptors (Lipinski definition) is 3. The normalized spacial score (nSPS) is 18.0. The maximum absolute atomic E-state index is 5.90. The molecule has 2 heterocycles. The molecule has 0 spiro atoms. The first-order valence-electron chi connectivity index (χ1n) is 3.84. The number of halogens is 1. The monoisotopic (exact) mass is 197 g/mol. The maximum Gasteiger partial charge on any atom is 0.276 e. The quantitative estimate of drug-likeness (QED) is 0.648. The Kier molecular flexibility index (Phi) is 1.88. The van der Waals surface area contributed by atoms with Crippen LogP contribution in [0.3, 0.4) is 0 Å². The van der Waals surface area contributed by atoms with E-state index in [2.05, 4.69) is 4.98 Å². The lowest BCUT2D eigenvalue weighted by Gasteiger charge is -2.23. The Morgan fingerprint density at radius 2 is 2.08 bits per heavy atom. The topological polar surface area (TPSA) is 31.4 Å². The van der Waals surface area contributed by atoms with Crippen molar-refractivity contribution in [1.29, 1.82) is 0 Å². The highest BCUT2D eigenvalue weighted by Gasteiger charge is 2.34. The molecule has 1 aromatic heterocycles. The molecule has 4 heteroatoms. The van der Waals surface area contributed by atoms with Crippen molar-refractivity contribution in [2.24, 2.45) is 0 Å². The molecule has 3 nitrogen and oxygen atoms in total. The molecule has 0 radical (unpaired) electrons. The number of nitrogens with zero attached hydrogens (tertiary/aromatic N) is 1. The number of ether oxygens (including phenoxy) is 2. The summed E-state index contributed by atoms with van der Waals surface area (Å²) in [5, 5.41) is 0.397. The van der Waals surface area contributed by atoms with Gasteiger partial charge in [0.25, 0.3) is 5.79 Å². The van der Waals surface area contributed by atoms with Gasteiger partial charge in [-0.3, -0.25) is 0 Å². The van der Waals surface area contributed by atoms with Crippen molar-refractivity contribution in [3.8, 4) is 0 Å². The summed E-state index contributed by atoms with van der Waals surface area (Å²) in [5.74, 6) is -0.828. The first-order chi connectivity index (χ1) is 6.22. The molecule has 0 saturated carbocycles. The van der Waals surface area contributed by atoms with E-state index in [0.717, 1.165) is 5.56 Å². The lowest BCUT2D eigenvalue weighted by atomic mass is 10.1. The van der Waals surface area contributed by atoms with Crippen molar-refractivity contribution in [1.82, 2.24) is 4.98 Å². The highest BCUT2D eigenvalue weighted by atomic mass is 35.5. The average Bonchev–Trinajstić information content (AvgIpc) is 2.54. The van der Waals surface area contributed by atoms with Crippen LogP contribution in [0.15, 0.2) is 30.9 Å². The fraction of sp³-hybridized carbons (Fsp3) is 0.222. The van der Waals surface area contributed by atoms with Gasteiger partial charge in [-0.05, 0) is 12.1 Å². The summed E-state index contributed by atoms with van der Waals surface area (Å²) in [6.07, 6.45) is 4.60. The molecule has 0 fully saturated rings. The third-order valence-electron chi connectivity index (χ3n) is 1.89. The molecular weight excluding hydrogens is 190 g/mol. The first-order valence-corrected chi connectivity index (χ1v) is 4.22. The van der Waals surface area contributed by atoms with Crippen LogP contribution < -0.4 is 0 Å². The summed E-state index contributed by atoms with van der Waals surface area (Å²) >= 11 is 5.90. The van der Waals surface area contributed by atoms with Gasteiger partial charge in [-0.15, -0.1) is 0 Å². The van der Waals surface area contributed by atoms with Crippen molar-refractivity contribution in [2.45, 2.75) is 12.7 Å². The summed E-state index contributed by atoms with van der Waals surface area (Å²) in [5.41, 5.74) is 0.724. The lowest BCUT2D eigenvalue weighted by molar-refractivity contribution is -0.133. The molecule has 0 N–H and O–H groups in total. The van der Waals surface area contributed by atoms with Gasteiger partial charge >= 0.3 is 0 Å². The molecule has 1 aliphatic heterocycles. The van der Waals surface area contributed by atoms with Gasteiger partial charge in [0.05, 0.1) is 5.56 Å². The Hall–Kier alpha value is -1.22. The van der Waals surface area contributed by atoms with E-state index in [-0.39, 0.29) is 0 Å². The second kappa shape index (κ2) is 2.92. The summed E-state index contributed by atoms with van der Waals surface area (Å²) in [7, 11) is 0. The van der Waals surface area contributed by atoms with Gasteiger partial charge in [0.1, 0.15) is 17.7 Å². The second-order valence-corrected chi connectivity index (χ2v) is 3.15. The van der Waals surface area contributed by atoms with Crippen molar-refractivity contribution in [3.63, 3.8) is 0 Å². The number of hydrogen-bond donors (Lipinski definition) is 0. The lowest BCUT2D eigenvalue weighted by Crippen LogP contribution is -2.22. The van der Waals surface area contributed by atoms with E-state index < -0.39 is 5.79 Å². The fourth-order valence-corrected chi connectivity index (χ4v) is 1.49. The van der Waals surface area contributed by atoms with Gasteiger partial charge in [0, 0.05) is 13.1 Å². The largest absolute Gasteiger partial charge is 0.453 e. The van der Waals surface area contributed by atoms with Crippen molar-refractivity contribution in [3.05, 3.63) is 41.6 Å². The predicted octanol–water partition coefficient (Wildman–Crippen LogP) is 2.43. The average molecular weight is 198 g/mol. The zero-order valence-electron chi connectivity index (χ0n) is 7.03. The molecule has 2 rings (SSSR count). The highest BCUT2D eigenvalue weighted by molar-refractivity contribution is 6.30. The van der Waals surface area contributed by atoms with Gasteiger partial charge in [0.2, 0.25) is 0 Å². The Morgan fingerprint density at radius 3 is 2.69 bits per heavy atom. The van der Waals surface area contributed by atoms with Crippen molar-refractivity contribution in [2.75, 3.05) is 0 Å². The second-order valence-electron chi connectivity index (χ2n) is 2.80. The summed E-state index contributed by atoms with van der Waals surface area (Å²) in [6.45, 7) is 1.79. The molecule has 0 amide bonds. The minimum absolute atomic E-state index is 0.397. The SMILES string of the molecule is CC1(c2cccnc2Cl)OC=CO1. The zero-order chi connectivity index (χ0) is 9.31. The Bertz CT molecular complexity index is 343. The molecule has 0 bridgehead atoms. The van der Waals surface area contributed by atoms with E-state index >= 15 is 0 Å². The Labute approximate surface area is 80.9 Å². The first kappa shape index (κ1) is 8.38. The van der Waals surface area contributed by atoms with Crippen LogP contribution in [0, 0.1) is 0 Å². The molecule has 68 valence electrons. The standard InChI is InChI=1S/C9H8ClNO2/c1-9(12-5-6-13-9)7-3-2-4-11-8(7)10/h2-6H,1H3. The van der Waals surface area contributed by atoms with E-state index in [9.17, 15) is 0 Å². The predicted molar refractivity (Wildman–Crippen MR) is 47.9 cm³/mol. The van der Waals surface area contributed by atoms with E-state index in [1.807, 2.05) is 6.07 Å². The van der Waals surface area contributed by atoms with Crippen molar-refractivity contribution < 1.29 is 9.47 Å². The third-order valence-corrected chi connectivity index (χ3v) is 2.19. The molecule has 1 aromatic rings. The van der Waals surface area contributed by atoms with E-state index in [1.165, 1.54) is 12.5 Å². The van der Waals surface area contributed by atoms with Gasteiger partial charge in [-0.1, -0.05) is 11.6 Å². The van der Waals surface area contributed by atoms with Crippen LogP contribution in [0.4, 0.5) is 0 Å². The van der Waals surface area contributed by atoms with Crippen LogP contribution in [0.25, 0.3) is 0 Å². The number of aromatic nitrogens is 1. The molecule has 0 atom stereocenters. The molecular formula is C9H8ClNO2. The van der Waals surface area contributed by atoms with Gasteiger partial charge < -0.3 is 9.47 Å². The molecule has 0 aliphatic carbocycles. The smallest absolute Gasteiger partial charge is 0.276 e. The Balaban J connectivity index is 2.40. The van der Waals surface area contributed by atoms with Gasteiger partial charge in [-0.2, -0.15) is 0 Å². The van der Waals surface area contributed by atoms with Crippen LogP contribution in [-0.2, 0) is 15.3 Å². The summed E-state index contributed by atoms with van der Waals surface area (Å²) in [6, 6.07) is 3.61. The molecule has 0 unspecified atom stereocenters. The van der Waals surface area contributed by atoms with Crippen LogP contribution >= 0.6 is 11.6 Å². The minimum Gasteiger partial charge on any atom is -0.453 e. The van der Waals surface area contributed by atoms with Crippen LogP contribution in [0.1, 0.15) is 12.5 Å². The maximum atomic E-state index is 5.90. The van der Waals surface area contributed by atoms with Crippen LogP contribution in [-0.4, -0.2) is 4.98 Å². The van der Waals surface area contributed by atoms with Gasteiger partial charge in [-0.25, -0.2) is 4.98 Å². The zero-order valence-corrected chi connectivity index (χ0v) is 7.78. The molecule has 13 heavy (non-hydrogen) atoms. The minimum atomic E-state index is -0.828. The highest BCUT2D eigenvalue weighted by Crippen LogP contribution is 2.34. The summed E-state index contributed by atoms with van der Waals surface area (Å²) < 4.78 is 10.6. The Morgan fingerprint density at radius 1 is 1.38 bits per heavy atom. The van der Waals surface area contributed by atoms with Crippen LogP contribution in [0.2, 0.25) is 5.15 Å².